The zero-order valence-corrected chi connectivity index (χ0v) is 25.9. The second kappa shape index (κ2) is 13.2. The first-order valence-corrected chi connectivity index (χ1v) is 15.0. The lowest BCUT2D eigenvalue weighted by molar-refractivity contribution is -0.384. The summed E-state index contributed by atoms with van der Waals surface area (Å²) in [5, 5.41) is 16.4. The number of hydrogen-bond acceptors (Lipinski definition) is 10. The van der Waals surface area contributed by atoms with E-state index < -0.39 is 63.9 Å². The highest BCUT2D eigenvalue weighted by molar-refractivity contribution is 5.97. The number of non-ortho nitro benzene ring substituents is 1. The van der Waals surface area contributed by atoms with Gasteiger partial charge in [0.2, 0.25) is 11.8 Å². The smallest absolute Gasteiger partial charge is 0.408 e. The Morgan fingerprint density at radius 3 is 2.27 bits per heavy atom. The zero-order chi connectivity index (χ0) is 33.1. The Labute approximate surface area is 261 Å². The van der Waals surface area contributed by atoms with E-state index in [9.17, 15) is 34.1 Å². The Morgan fingerprint density at radius 2 is 1.73 bits per heavy atom. The second-order valence-electron chi connectivity index (χ2n) is 12.8. The molecule has 14 heteroatoms. The molecular formula is C31H40N4O10. The molecule has 0 radical (unpaired) electrons. The number of rotatable bonds is 10. The number of nitro benzene ring substituents is 1. The molecule has 0 bridgehead atoms. The minimum absolute atomic E-state index is 0.0479. The second-order valence-corrected chi connectivity index (χ2v) is 12.8. The van der Waals surface area contributed by atoms with Gasteiger partial charge in [0.15, 0.2) is 0 Å². The average molecular weight is 629 g/mol. The van der Waals surface area contributed by atoms with E-state index in [0.717, 1.165) is 25.7 Å². The van der Waals surface area contributed by atoms with Crippen LogP contribution in [0, 0.1) is 21.4 Å². The summed E-state index contributed by atoms with van der Waals surface area (Å²) >= 11 is 0. The van der Waals surface area contributed by atoms with Gasteiger partial charge < -0.3 is 29.7 Å². The summed E-state index contributed by atoms with van der Waals surface area (Å²) in [5.41, 5.74) is -2.29. The maximum absolute atomic E-state index is 14.1. The molecule has 2 aliphatic carbocycles. The van der Waals surface area contributed by atoms with Crippen molar-refractivity contribution in [3.05, 3.63) is 52.6 Å². The van der Waals surface area contributed by atoms with Gasteiger partial charge in [-0.05, 0) is 49.7 Å². The van der Waals surface area contributed by atoms with E-state index >= 15 is 0 Å². The van der Waals surface area contributed by atoms with Crippen LogP contribution >= 0.6 is 0 Å². The van der Waals surface area contributed by atoms with Gasteiger partial charge in [-0.1, -0.05) is 26.8 Å². The molecule has 0 spiro atoms. The van der Waals surface area contributed by atoms with Crippen LogP contribution in [0.3, 0.4) is 0 Å². The Morgan fingerprint density at radius 1 is 1.09 bits per heavy atom. The number of ether oxygens (including phenoxy) is 3. The average Bonchev–Trinajstić information content (AvgIpc) is 3.27. The van der Waals surface area contributed by atoms with E-state index in [0.29, 0.717) is 0 Å². The SMILES string of the molecule is C=C[C@@H]1CC1(NC(=O)[C@@H]1C[C@H](OC(=O)c2ccc([N+](=O)[O-])cc2)CN1C(=O)[C@@H](NC(=O)OC1CCCC1)C(C)(C)C)C(=O)OC. The fourth-order valence-electron chi connectivity index (χ4n) is 5.92. The molecule has 3 amide bonds. The number of nitrogens with zero attached hydrogens (tertiary/aromatic N) is 2. The number of amides is 3. The van der Waals surface area contributed by atoms with E-state index in [-0.39, 0.29) is 42.7 Å². The first-order chi connectivity index (χ1) is 21.2. The van der Waals surface area contributed by atoms with Crippen LogP contribution in [-0.2, 0) is 28.6 Å². The maximum atomic E-state index is 14.1. The summed E-state index contributed by atoms with van der Waals surface area (Å²) in [5.74, 6) is -3.07. The van der Waals surface area contributed by atoms with Crippen LogP contribution in [0.1, 0.15) is 69.7 Å². The van der Waals surface area contributed by atoms with Gasteiger partial charge in [-0.25, -0.2) is 14.4 Å². The van der Waals surface area contributed by atoms with Crippen LogP contribution in [0.5, 0.6) is 0 Å². The molecule has 5 atom stereocenters. The molecule has 14 nitrogen and oxygen atoms in total. The molecule has 1 heterocycles. The third kappa shape index (κ3) is 7.43. The van der Waals surface area contributed by atoms with Gasteiger partial charge in [0, 0.05) is 24.5 Å². The maximum Gasteiger partial charge on any atom is 0.408 e. The van der Waals surface area contributed by atoms with Gasteiger partial charge in [0.05, 0.1) is 24.1 Å². The molecule has 244 valence electrons. The van der Waals surface area contributed by atoms with Crippen LogP contribution in [-0.4, -0.2) is 83.2 Å². The monoisotopic (exact) mass is 628 g/mol. The Kier molecular flexibility index (Phi) is 9.83. The lowest BCUT2D eigenvalue weighted by Gasteiger charge is -2.35. The highest BCUT2D eigenvalue weighted by Gasteiger charge is 2.62. The number of likely N-dealkylation sites (tertiary alicyclic amines) is 1. The van der Waals surface area contributed by atoms with Gasteiger partial charge in [-0.3, -0.25) is 19.7 Å². The largest absolute Gasteiger partial charge is 0.467 e. The summed E-state index contributed by atoms with van der Waals surface area (Å²) in [7, 11) is 1.21. The number of carbonyl (C=O) groups is 5. The summed E-state index contributed by atoms with van der Waals surface area (Å²) in [6.45, 7) is 8.81. The van der Waals surface area contributed by atoms with Crippen molar-refractivity contribution >= 4 is 35.5 Å². The van der Waals surface area contributed by atoms with Gasteiger partial charge in [0.25, 0.3) is 5.69 Å². The third-order valence-electron chi connectivity index (χ3n) is 8.58. The van der Waals surface area contributed by atoms with Gasteiger partial charge in [0.1, 0.15) is 29.8 Å². The predicted molar refractivity (Wildman–Crippen MR) is 159 cm³/mol. The van der Waals surface area contributed by atoms with Crippen LogP contribution in [0.4, 0.5) is 10.5 Å². The first kappa shape index (κ1) is 33.4. The quantitative estimate of drug-likeness (QED) is 0.128. The summed E-state index contributed by atoms with van der Waals surface area (Å²) in [4.78, 5) is 77.9. The fraction of sp³-hybridized carbons (Fsp3) is 0.581. The van der Waals surface area contributed by atoms with Crippen molar-refractivity contribution in [3.8, 4) is 0 Å². The minimum atomic E-state index is -1.33. The topological polar surface area (TPSA) is 183 Å². The molecule has 4 rings (SSSR count). The lowest BCUT2D eigenvalue weighted by Crippen LogP contribution is -2.59. The van der Waals surface area contributed by atoms with Crippen LogP contribution in [0.15, 0.2) is 36.9 Å². The van der Waals surface area contributed by atoms with Crippen LogP contribution < -0.4 is 10.6 Å². The van der Waals surface area contributed by atoms with E-state index in [2.05, 4.69) is 17.2 Å². The molecule has 45 heavy (non-hydrogen) atoms. The number of alkyl carbamates (subject to hydrolysis) is 1. The summed E-state index contributed by atoms with van der Waals surface area (Å²) in [6, 6.07) is 2.56. The van der Waals surface area contributed by atoms with Crippen molar-refractivity contribution in [2.24, 2.45) is 11.3 Å². The number of nitrogens with one attached hydrogen (secondary N) is 2. The zero-order valence-electron chi connectivity index (χ0n) is 25.9. The standard InChI is InChI=1S/C31H40N4O10/c1-6-19-16-31(19,28(39)43-5)33-25(36)23-15-22(44-27(38)18-11-13-20(14-12-18)35(41)42)17-34(23)26(37)24(30(2,3)4)32-29(40)45-21-9-7-8-10-21/h6,11-14,19,21-24H,1,7-10,15-17H2,2-5H3,(H,32,40)(H,33,36)/t19-,22+,23+,24-,31?/m1/s1. The Balaban J connectivity index is 1.57. The summed E-state index contributed by atoms with van der Waals surface area (Å²) < 4.78 is 16.1. The normalized spacial score (nSPS) is 25.1. The molecule has 2 N–H and O–H groups in total. The van der Waals surface area contributed by atoms with Crippen molar-refractivity contribution in [3.63, 3.8) is 0 Å². The number of nitro groups is 1. The molecule has 1 aromatic rings. The molecule has 3 aliphatic rings. The van der Waals surface area contributed by atoms with Crippen molar-refractivity contribution in [1.82, 2.24) is 15.5 Å². The molecule has 0 aromatic heterocycles. The number of methoxy groups -OCH3 is 1. The Hall–Kier alpha value is -4.49. The third-order valence-corrected chi connectivity index (χ3v) is 8.58. The van der Waals surface area contributed by atoms with Crippen LogP contribution in [0.25, 0.3) is 0 Å². The number of hydrogen-bond donors (Lipinski definition) is 2. The molecule has 1 unspecified atom stereocenters. The molecule has 2 saturated carbocycles. The predicted octanol–water partition coefficient (Wildman–Crippen LogP) is 3.04. The highest BCUT2D eigenvalue weighted by atomic mass is 16.6. The summed E-state index contributed by atoms with van der Waals surface area (Å²) in [6.07, 6.45) is 3.17. The lowest BCUT2D eigenvalue weighted by atomic mass is 9.85. The molecule has 3 fully saturated rings. The van der Waals surface area contributed by atoms with Crippen molar-refractivity contribution < 1.29 is 43.1 Å². The molecular weight excluding hydrogens is 588 g/mol. The van der Waals surface area contributed by atoms with E-state index in [1.807, 2.05) is 0 Å². The van der Waals surface area contributed by atoms with Gasteiger partial charge >= 0.3 is 18.0 Å². The number of esters is 2. The van der Waals surface area contributed by atoms with Crippen LogP contribution in [0.2, 0.25) is 0 Å². The molecule has 1 aliphatic heterocycles. The molecule has 1 saturated heterocycles. The fourth-order valence-corrected chi connectivity index (χ4v) is 5.92. The van der Waals surface area contributed by atoms with E-state index in [1.54, 1.807) is 26.8 Å². The van der Waals surface area contributed by atoms with E-state index in [4.69, 9.17) is 14.2 Å². The first-order valence-electron chi connectivity index (χ1n) is 15.0. The number of carbonyl (C=O) groups excluding carboxylic acids is 5. The molecule has 1 aromatic carbocycles. The van der Waals surface area contributed by atoms with E-state index in [1.165, 1.54) is 36.3 Å². The van der Waals surface area contributed by atoms with Crippen molar-refractivity contribution in [2.45, 2.75) is 89.1 Å². The minimum Gasteiger partial charge on any atom is -0.467 e. The van der Waals surface area contributed by atoms with Crippen molar-refractivity contribution in [1.29, 1.82) is 0 Å². The van der Waals surface area contributed by atoms with Gasteiger partial charge in [-0.15, -0.1) is 6.58 Å². The number of benzene rings is 1. The highest BCUT2D eigenvalue weighted by Crippen LogP contribution is 2.45. The Bertz CT molecular complexity index is 1350. The van der Waals surface area contributed by atoms with Gasteiger partial charge in [-0.2, -0.15) is 0 Å². The van der Waals surface area contributed by atoms with Crippen molar-refractivity contribution in [2.75, 3.05) is 13.7 Å².